The zero-order valence-corrected chi connectivity index (χ0v) is 17.0. The minimum absolute atomic E-state index is 0.0630. The standard InChI is InChI=1S/C24H27N3O2/c1-24(2)22(17-6-4-3-5-7-17)27(23(28)29-24)19-10-8-16(9-11-19)18-14-21-20(26-15-18)12-13-25-21/h3-6,8,12-15,17,19,22,25H,7,9-11H2,1-2H3/t17?,19?,22-/m0/s1. The summed E-state index contributed by atoms with van der Waals surface area (Å²) in [6.45, 7) is 4.09. The predicted molar refractivity (Wildman–Crippen MR) is 114 cm³/mol. The topological polar surface area (TPSA) is 58.2 Å². The van der Waals surface area contributed by atoms with E-state index in [2.05, 4.69) is 46.4 Å². The van der Waals surface area contributed by atoms with E-state index in [1.54, 1.807) is 0 Å². The van der Waals surface area contributed by atoms with Crippen molar-refractivity contribution in [3.8, 4) is 0 Å². The van der Waals surface area contributed by atoms with E-state index < -0.39 is 5.60 Å². The Bertz CT molecular complexity index is 1030. The second-order valence-electron chi connectivity index (χ2n) is 8.83. The predicted octanol–water partition coefficient (Wildman–Crippen LogP) is 5.23. The van der Waals surface area contributed by atoms with Gasteiger partial charge in [-0.15, -0.1) is 0 Å². The number of amides is 1. The van der Waals surface area contributed by atoms with Crippen molar-refractivity contribution >= 4 is 22.7 Å². The van der Waals surface area contributed by atoms with Crippen molar-refractivity contribution in [3.05, 3.63) is 60.5 Å². The summed E-state index contributed by atoms with van der Waals surface area (Å²) in [6.07, 6.45) is 18.3. The monoisotopic (exact) mass is 389 g/mol. The molecule has 1 saturated heterocycles. The number of nitrogens with zero attached hydrogens (tertiary/aromatic N) is 2. The lowest BCUT2D eigenvalue weighted by Crippen LogP contribution is -2.51. The summed E-state index contributed by atoms with van der Waals surface area (Å²) in [5.41, 5.74) is 4.05. The highest BCUT2D eigenvalue weighted by atomic mass is 16.6. The number of carbonyl (C=O) groups excluding carboxylic acids is 1. The molecule has 3 aliphatic rings. The summed E-state index contributed by atoms with van der Waals surface area (Å²) in [5, 5.41) is 0. The van der Waals surface area contributed by atoms with E-state index in [9.17, 15) is 4.79 Å². The molecule has 2 aromatic rings. The van der Waals surface area contributed by atoms with Gasteiger partial charge in [0.25, 0.3) is 0 Å². The molecule has 0 saturated carbocycles. The number of hydrogen-bond acceptors (Lipinski definition) is 3. The zero-order chi connectivity index (χ0) is 20.0. The van der Waals surface area contributed by atoms with Crippen molar-refractivity contribution in [1.29, 1.82) is 0 Å². The van der Waals surface area contributed by atoms with Gasteiger partial charge in [-0.1, -0.05) is 30.4 Å². The number of aromatic amines is 1. The molecule has 2 unspecified atom stereocenters. The first kappa shape index (κ1) is 18.2. The first-order chi connectivity index (χ1) is 14.0. The van der Waals surface area contributed by atoms with Crippen LogP contribution in [0.15, 0.2) is 54.9 Å². The Labute approximate surface area is 171 Å². The van der Waals surface area contributed by atoms with Crippen LogP contribution >= 0.6 is 0 Å². The largest absolute Gasteiger partial charge is 0.441 e. The molecule has 150 valence electrons. The van der Waals surface area contributed by atoms with Crippen LogP contribution in [-0.2, 0) is 4.74 Å². The smallest absolute Gasteiger partial charge is 0.411 e. The number of hydrogen-bond donors (Lipinski definition) is 1. The second-order valence-corrected chi connectivity index (χ2v) is 8.83. The highest BCUT2D eigenvalue weighted by molar-refractivity contribution is 5.80. The summed E-state index contributed by atoms with van der Waals surface area (Å²) >= 11 is 0. The molecule has 0 radical (unpaired) electrons. The molecular weight excluding hydrogens is 362 g/mol. The van der Waals surface area contributed by atoms with E-state index in [1.165, 1.54) is 11.1 Å². The van der Waals surface area contributed by atoms with Crippen molar-refractivity contribution < 1.29 is 9.53 Å². The van der Waals surface area contributed by atoms with Gasteiger partial charge < -0.3 is 9.72 Å². The Morgan fingerprint density at radius 1 is 1.28 bits per heavy atom. The van der Waals surface area contributed by atoms with E-state index in [0.29, 0.717) is 5.92 Å². The highest BCUT2D eigenvalue weighted by Gasteiger charge is 2.52. The third-order valence-corrected chi connectivity index (χ3v) is 6.54. The number of rotatable bonds is 3. The molecule has 29 heavy (non-hydrogen) atoms. The molecule has 5 nitrogen and oxygen atoms in total. The Balaban J connectivity index is 1.38. The van der Waals surface area contributed by atoms with Crippen LogP contribution in [0.1, 0.15) is 45.1 Å². The van der Waals surface area contributed by atoms with Crippen LogP contribution in [0.4, 0.5) is 4.79 Å². The summed E-state index contributed by atoms with van der Waals surface area (Å²) in [4.78, 5) is 22.7. The van der Waals surface area contributed by atoms with Crippen LogP contribution in [0, 0.1) is 5.92 Å². The van der Waals surface area contributed by atoms with Gasteiger partial charge in [0, 0.05) is 24.4 Å². The van der Waals surface area contributed by atoms with Gasteiger partial charge in [-0.05, 0) is 62.8 Å². The van der Waals surface area contributed by atoms with Crippen LogP contribution in [0.25, 0.3) is 16.6 Å². The van der Waals surface area contributed by atoms with E-state index in [1.807, 2.05) is 37.2 Å². The van der Waals surface area contributed by atoms with E-state index >= 15 is 0 Å². The van der Waals surface area contributed by atoms with Crippen LogP contribution in [-0.4, -0.2) is 38.6 Å². The van der Waals surface area contributed by atoms with Crippen molar-refractivity contribution in [2.75, 3.05) is 0 Å². The number of ether oxygens (including phenoxy) is 1. The van der Waals surface area contributed by atoms with Crippen LogP contribution < -0.4 is 0 Å². The van der Waals surface area contributed by atoms with Crippen LogP contribution in [0.2, 0.25) is 0 Å². The number of H-pyrrole nitrogens is 1. The molecule has 0 aromatic carbocycles. The molecule has 3 heterocycles. The number of pyridine rings is 1. The number of nitrogens with one attached hydrogen (secondary N) is 1. The fourth-order valence-electron chi connectivity index (χ4n) is 5.16. The van der Waals surface area contributed by atoms with Crippen molar-refractivity contribution in [3.63, 3.8) is 0 Å². The maximum Gasteiger partial charge on any atom is 0.411 e. The molecule has 5 rings (SSSR count). The Kier molecular flexibility index (Phi) is 4.34. The normalized spacial score (nSPS) is 28.6. The molecule has 2 aliphatic carbocycles. The lowest BCUT2D eigenvalue weighted by molar-refractivity contribution is 0.0543. The zero-order valence-electron chi connectivity index (χ0n) is 17.0. The van der Waals surface area contributed by atoms with Gasteiger partial charge >= 0.3 is 6.09 Å². The Morgan fingerprint density at radius 3 is 2.93 bits per heavy atom. The van der Waals surface area contributed by atoms with Gasteiger partial charge in [0.15, 0.2) is 0 Å². The average molecular weight is 389 g/mol. The number of carbonyl (C=O) groups is 1. The molecule has 1 aliphatic heterocycles. The SMILES string of the molecule is CC1(C)OC(=O)N(C2CC=C(c3cnc4cc[nH]c4c3)CC2)[C@H]1C1C=CC=CC1. The summed E-state index contributed by atoms with van der Waals surface area (Å²) in [7, 11) is 0. The van der Waals surface area contributed by atoms with Gasteiger partial charge in [0.05, 0.1) is 17.1 Å². The average Bonchev–Trinajstić information content (AvgIpc) is 3.29. The lowest BCUT2D eigenvalue weighted by Gasteiger charge is -2.39. The maximum atomic E-state index is 12.8. The molecule has 1 N–H and O–H groups in total. The Morgan fingerprint density at radius 2 is 2.17 bits per heavy atom. The Hall–Kier alpha value is -2.82. The minimum Gasteiger partial charge on any atom is -0.441 e. The molecule has 0 spiro atoms. The third kappa shape index (κ3) is 3.18. The van der Waals surface area contributed by atoms with Crippen LogP contribution in [0.5, 0.6) is 0 Å². The van der Waals surface area contributed by atoms with E-state index in [-0.39, 0.29) is 18.2 Å². The number of allylic oxidation sites excluding steroid dienone is 4. The van der Waals surface area contributed by atoms with Crippen molar-refractivity contribution in [1.82, 2.24) is 14.9 Å². The molecule has 2 aromatic heterocycles. The van der Waals surface area contributed by atoms with Gasteiger partial charge in [0.1, 0.15) is 5.60 Å². The first-order valence-electron chi connectivity index (χ1n) is 10.5. The van der Waals surface area contributed by atoms with Gasteiger partial charge in [-0.3, -0.25) is 9.88 Å². The number of cyclic esters (lactones) is 1. The van der Waals surface area contributed by atoms with E-state index in [0.717, 1.165) is 36.7 Å². The molecule has 1 fully saturated rings. The maximum absolute atomic E-state index is 12.8. The van der Waals surface area contributed by atoms with Crippen molar-refractivity contribution in [2.45, 2.75) is 57.2 Å². The van der Waals surface area contributed by atoms with Gasteiger partial charge in [-0.25, -0.2) is 4.79 Å². The fourth-order valence-corrected chi connectivity index (χ4v) is 5.16. The van der Waals surface area contributed by atoms with Gasteiger partial charge in [-0.2, -0.15) is 0 Å². The molecule has 0 bridgehead atoms. The quantitative estimate of drug-likeness (QED) is 0.782. The molecule has 1 amide bonds. The number of fused-ring (bicyclic) bond motifs is 1. The first-order valence-corrected chi connectivity index (χ1v) is 10.5. The van der Waals surface area contributed by atoms with Crippen molar-refractivity contribution in [2.24, 2.45) is 5.92 Å². The molecular formula is C24H27N3O2. The van der Waals surface area contributed by atoms with E-state index in [4.69, 9.17) is 4.74 Å². The minimum atomic E-state index is -0.482. The lowest BCUT2D eigenvalue weighted by atomic mass is 9.81. The summed E-state index contributed by atoms with van der Waals surface area (Å²) in [6, 6.07) is 4.40. The molecule has 3 atom stereocenters. The third-order valence-electron chi connectivity index (χ3n) is 6.54. The second kappa shape index (κ2) is 6.90. The molecule has 5 heteroatoms. The van der Waals surface area contributed by atoms with Gasteiger partial charge in [0.2, 0.25) is 0 Å². The summed E-state index contributed by atoms with van der Waals surface area (Å²) in [5.74, 6) is 0.298. The summed E-state index contributed by atoms with van der Waals surface area (Å²) < 4.78 is 5.83. The number of aromatic nitrogens is 2. The fraction of sp³-hybridized carbons (Fsp3) is 0.417. The highest BCUT2D eigenvalue weighted by Crippen LogP contribution is 2.41. The van der Waals surface area contributed by atoms with Crippen LogP contribution in [0.3, 0.4) is 0 Å².